The first-order chi connectivity index (χ1) is 9.15. The summed E-state index contributed by atoms with van der Waals surface area (Å²) in [5.74, 6) is 0.504. The number of hydrogen-bond acceptors (Lipinski definition) is 3. The molecule has 1 saturated heterocycles. The molecular weight excluding hydrogens is 260 g/mol. The summed E-state index contributed by atoms with van der Waals surface area (Å²) in [4.78, 5) is 24.0. The van der Waals surface area contributed by atoms with Crippen molar-refractivity contribution in [3.05, 3.63) is 29.8 Å². The van der Waals surface area contributed by atoms with Crippen molar-refractivity contribution in [3.63, 3.8) is 0 Å². The number of piperidine rings is 1. The molecule has 1 heterocycles. The first-order valence-corrected chi connectivity index (χ1v) is 7.38. The first kappa shape index (κ1) is 13.9. The van der Waals surface area contributed by atoms with Gasteiger partial charge in [0.05, 0.1) is 5.75 Å². The van der Waals surface area contributed by atoms with Crippen molar-refractivity contribution < 1.29 is 9.59 Å². The van der Waals surface area contributed by atoms with Crippen molar-refractivity contribution in [3.8, 4) is 0 Å². The Kier molecular flexibility index (Phi) is 4.85. The van der Waals surface area contributed by atoms with E-state index in [-0.39, 0.29) is 17.9 Å². The molecule has 2 amide bonds. The summed E-state index contributed by atoms with van der Waals surface area (Å²) in [5, 5.41) is 5.71. The minimum Gasteiger partial charge on any atom is -0.354 e. The van der Waals surface area contributed by atoms with Gasteiger partial charge in [-0.1, -0.05) is 18.2 Å². The fourth-order valence-electron chi connectivity index (χ4n) is 1.99. The van der Waals surface area contributed by atoms with E-state index in [9.17, 15) is 9.59 Å². The summed E-state index contributed by atoms with van der Waals surface area (Å²) in [6.45, 7) is 2.58. The maximum absolute atomic E-state index is 11.8. The van der Waals surface area contributed by atoms with Gasteiger partial charge in [0, 0.05) is 23.9 Å². The van der Waals surface area contributed by atoms with Crippen molar-refractivity contribution in [2.75, 3.05) is 12.3 Å². The zero-order valence-corrected chi connectivity index (χ0v) is 11.8. The Hall–Kier alpha value is -1.49. The highest BCUT2D eigenvalue weighted by Gasteiger charge is 2.19. The third-order valence-corrected chi connectivity index (χ3v) is 4.26. The van der Waals surface area contributed by atoms with Crippen LogP contribution in [0.1, 0.15) is 18.4 Å². The summed E-state index contributed by atoms with van der Waals surface area (Å²) < 4.78 is 0. The molecule has 0 spiro atoms. The van der Waals surface area contributed by atoms with Crippen LogP contribution in [0.3, 0.4) is 0 Å². The van der Waals surface area contributed by atoms with Gasteiger partial charge in [-0.15, -0.1) is 11.8 Å². The number of benzene rings is 1. The lowest BCUT2D eigenvalue weighted by atomic mass is 10.1. The second-order valence-corrected chi connectivity index (χ2v) is 5.68. The van der Waals surface area contributed by atoms with E-state index < -0.39 is 0 Å². The van der Waals surface area contributed by atoms with Gasteiger partial charge in [0.2, 0.25) is 11.8 Å². The standard InChI is InChI=1S/C14H18N2O2S/c1-10-4-2-3-5-12(10)19-9-14(18)16-11-6-7-13(17)15-8-11/h2-5,11H,6-9H2,1H3,(H,15,17)(H,16,18). The van der Waals surface area contributed by atoms with E-state index in [1.807, 2.05) is 31.2 Å². The van der Waals surface area contributed by atoms with Gasteiger partial charge in [-0.3, -0.25) is 9.59 Å². The van der Waals surface area contributed by atoms with E-state index in [1.54, 1.807) is 11.8 Å². The van der Waals surface area contributed by atoms with Crippen LogP contribution in [0.4, 0.5) is 0 Å². The predicted octanol–water partition coefficient (Wildman–Crippen LogP) is 1.48. The topological polar surface area (TPSA) is 58.2 Å². The monoisotopic (exact) mass is 278 g/mol. The minimum absolute atomic E-state index is 0.0226. The molecular formula is C14H18N2O2S. The molecule has 2 N–H and O–H groups in total. The maximum Gasteiger partial charge on any atom is 0.230 e. The van der Waals surface area contributed by atoms with Crippen LogP contribution < -0.4 is 10.6 Å². The highest BCUT2D eigenvalue weighted by atomic mass is 32.2. The largest absolute Gasteiger partial charge is 0.354 e. The summed E-state index contributed by atoms with van der Waals surface area (Å²) in [6.07, 6.45) is 1.22. The van der Waals surface area contributed by atoms with E-state index in [0.717, 1.165) is 11.3 Å². The molecule has 102 valence electrons. The quantitative estimate of drug-likeness (QED) is 0.820. The van der Waals surface area contributed by atoms with Crippen molar-refractivity contribution in [2.45, 2.75) is 30.7 Å². The van der Waals surface area contributed by atoms with Gasteiger partial charge in [-0.25, -0.2) is 0 Å². The second-order valence-electron chi connectivity index (χ2n) is 4.66. The van der Waals surface area contributed by atoms with E-state index in [1.165, 1.54) is 5.56 Å². The predicted molar refractivity (Wildman–Crippen MR) is 76.1 cm³/mol. The van der Waals surface area contributed by atoms with Gasteiger partial charge >= 0.3 is 0 Å². The lowest BCUT2D eigenvalue weighted by Gasteiger charge is -2.23. The lowest BCUT2D eigenvalue weighted by molar-refractivity contribution is -0.124. The van der Waals surface area contributed by atoms with Crippen LogP contribution in [0.25, 0.3) is 0 Å². The molecule has 2 rings (SSSR count). The van der Waals surface area contributed by atoms with E-state index in [4.69, 9.17) is 0 Å². The van der Waals surface area contributed by atoms with Crippen LogP contribution in [0, 0.1) is 6.92 Å². The fourth-order valence-corrected chi connectivity index (χ4v) is 2.83. The number of carbonyl (C=O) groups excluding carboxylic acids is 2. The Labute approximate surface area is 117 Å². The van der Waals surface area contributed by atoms with E-state index in [2.05, 4.69) is 10.6 Å². The average molecular weight is 278 g/mol. The highest BCUT2D eigenvalue weighted by Crippen LogP contribution is 2.21. The molecule has 1 aliphatic heterocycles. The lowest BCUT2D eigenvalue weighted by Crippen LogP contribution is -2.48. The van der Waals surface area contributed by atoms with Crippen molar-refractivity contribution in [1.82, 2.24) is 10.6 Å². The van der Waals surface area contributed by atoms with Crippen molar-refractivity contribution >= 4 is 23.6 Å². The van der Waals surface area contributed by atoms with Gasteiger partial charge < -0.3 is 10.6 Å². The molecule has 0 aliphatic carbocycles. The molecule has 19 heavy (non-hydrogen) atoms. The number of thioether (sulfide) groups is 1. The van der Waals surface area contributed by atoms with Gasteiger partial charge in [0.1, 0.15) is 0 Å². The van der Waals surface area contributed by atoms with Gasteiger partial charge in [0.15, 0.2) is 0 Å². The maximum atomic E-state index is 11.8. The van der Waals surface area contributed by atoms with Gasteiger partial charge in [-0.2, -0.15) is 0 Å². The number of hydrogen-bond donors (Lipinski definition) is 2. The van der Waals surface area contributed by atoms with Gasteiger partial charge in [0.25, 0.3) is 0 Å². The molecule has 1 unspecified atom stereocenters. The molecule has 0 bridgehead atoms. The summed E-state index contributed by atoms with van der Waals surface area (Å²) in [5.41, 5.74) is 1.19. The number of amides is 2. The van der Waals surface area contributed by atoms with E-state index >= 15 is 0 Å². The van der Waals surface area contributed by atoms with Crippen LogP contribution >= 0.6 is 11.8 Å². The molecule has 1 atom stereocenters. The molecule has 1 aromatic rings. The molecule has 1 fully saturated rings. The summed E-state index contributed by atoms with van der Waals surface area (Å²) in [6, 6.07) is 8.10. The van der Waals surface area contributed by atoms with Gasteiger partial charge in [-0.05, 0) is 25.0 Å². The molecule has 0 saturated carbocycles. The van der Waals surface area contributed by atoms with E-state index in [0.29, 0.717) is 18.7 Å². The van der Waals surface area contributed by atoms with Crippen LogP contribution in [0.2, 0.25) is 0 Å². The molecule has 1 aliphatic rings. The SMILES string of the molecule is Cc1ccccc1SCC(=O)NC1CCC(=O)NC1. The highest BCUT2D eigenvalue weighted by molar-refractivity contribution is 8.00. The second kappa shape index (κ2) is 6.61. The van der Waals surface area contributed by atoms with Crippen LogP contribution in [-0.4, -0.2) is 30.2 Å². The first-order valence-electron chi connectivity index (χ1n) is 6.39. The number of rotatable bonds is 4. The Bertz CT molecular complexity index is 466. The Morgan fingerprint density at radius 3 is 2.95 bits per heavy atom. The number of nitrogens with one attached hydrogen (secondary N) is 2. The van der Waals surface area contributed by atoms with Crippen LogP contribution in [-0.2, 0) is 9.59 Å². The minimum atomic E-state index is 0.0226. The number of carbonyl (C=O) groups is 2. The third kappa shape index (κ3) is 4.28. The van der Waals surface area contributed by atoms with Crippen molar-refractivity contribution in [1.29, 1.82) is 0 Å². The number of aryl methyl sites for hydroxylation is 1. The zero-order valence-electron chi connectivity index (χ0n) is 10.9. The Balaban J connectivity index is 1.76. The molecule has 0 radical (unpaired) electrons. The Morgan fingerprint density at radius 1 is 1.47 bits per heavy atom. The summed E-state index contributed by atoms with van der Waals surface area (Å²) in [7, 11) is 0. The third-order valence-electron chi connectivity index (χ3n) is 3.08. The summed E-state index contributed by atoms with van der Waals surface area (Å²) >= 11 is 1.54. The zero-order chi connectivity index (χ0) is 13.7. The fraction of sp³-hybridized carbons (Fsp3) is 0.429. The Morgan fingerprint density at radius 2 is 2.26 bits per heavy atom. The average Bonchev–Trinajstić information content (AvgIpc) is 2.40. The van der Waals surface area contributed by atoms with Crippen LogP contribution in [0.15, 0.2) is 29.2 Å². The molecule has 4 nitrogen and oxygen atoms in total. The molecule has 1 aromatic carbocycles. The molecule has 5 heteroatoms. The smallest absolute Gasteiger partial charge is 0.230 e. The van der Waals surface area contributed by atoms with Crippen molar-refractivity contribution in [2.24, 2.45) is 0 Å². The molecule has 0 aromatic heterocycles. The normalized spacial score (nSPS) is 18.8. The van der Waals surface area contributed by atoms with Crippen LogP contribution in [0.5, 0.6) is 0 Å².